The quantitative estimate of drug-likeness (QED) is 0.0260. The van der Waals surface area contributed by atoms with Gasteiger partial charge in [0.05, 0.1) is 40.3 Å². The summed E-state index contributed by atoms with van der Waals surface area (Å²) in [5.74, 6) is -1.73. The molecule has 0 saturated heterocycles. The molecule has 0 aromatic carbocycles. The van der Waals surface area contributed by atoms with Gasteiger partial charge in [-0.05, 0) is 70.6 Å². The third-order valence-electron chi connectivity index (χ3n) is 11.4. The molecule has 0 rings (SSSR count). The first-order valence-corrected chi connectivity index (χ1v) is 25.7. The maximum atomic E-state index is 12.8. The van der Waals surface area contributed by atoms with E-state index in [0.717, 1.165) is 57.8 Å². The van der Waals surface area contributed by atoms with Crippen molar-refractivity contribution >= 4 is 17.9 Å². The molecular formula is C54H97NO7. The summed E-state index contributed by atoms with van der Waals surface area (Å²) in [4.78, 5) is 37.0. The predicted octanol–water partition coefficient (Wildman–Crippen LogP) is 13.4. The number of hydrogen-bond acceptors (Lipinski definition) is 7. The highest BCUT2D eigenvalue weighted by Gasteiger charge is 2.25. The number of hydrogen-bond donors (Lipinski definition) is 0. The molecule has 8 nitrogen and oxygen atoms in total. The Balaban J connectivity index is 4.20. The Kier molecular flexibility index (Phi) is 42.9. The van der Waals surface area contributed by atoms with Crippen LogP contribution in [0.3, 0.4) is 0 Å². The van der Waals surface area contributed by atoms with E-state index < -0.39 is 18.1 Å². The van der Waals surface area contributed by atoms with Gasteiger partial charge in [0.25, 0.3) is 0 Å². The van der Waals surface area contributed by atoms with Crippen molar-refractivity contribution in [3.8, 4) is 0 Å². The summed E-state index contributed by atoms with van der Waals surface area (Å²) in [5.41, 5.74) is 0. The van der Waals surface area contributed by atoms with Crippen LogP contribution in [0.5, 0.6) is 0 Å². The predicted molar refractivity (Wildman–Crippen MR) is 259 cm³/mol. The molecule has 2 unspecified atom stereocenters. The lowest BCUT2D eigenvalue weighted by molar-refractivity contribution is -0.889. The van der Waals surface area contributed by atoms with Crippen LogP contribution in [0.4, 0.5) is 0 Å². The molecule has 0 aromatic rings. The number of esters is 2. The van der Waals surface area contributed by atoms with Crippen molar-refractivity contribution < 1.29 is 38.2 Å². The lowest BCUT2D eigenvalue weighted by Gasteiger charge is -2.34. The Morgan fingerprint density at radius 2 is 0.903 bits per heavy atom. The van der Waals surface area contributed by atoms with Crippen LogP contribution in [0.2, 0.25) is 0 Å². The van der Waals surface area contributed by atoms with Crippen molar-refractivity contribution in [3.05, 3.63) is 48.6 Å². The van der Waals surface area contributed by atoms with Crippen LogP contribution >= 0.6 is 0 Å². The molecule has 0 fully saturated rings. The van der Waals surface area contributed by atoms with Crippen LogP contribution < -0.4 is 5.11 Å². The molecule has 8 heteroatoms. The van der Waals surface area contributed by atoms with Gasteiger partial charge in [0.1, 0.15) is 12.6 Å². The van der Waals surface area contributed by atoms with Crippen LogP contribution in [-0.2, 0) is 28.6 Å². The first-order valence-electron chi connectivity index (χ1n) is 25.7. The summed E-state index contributed by atoms with van der Waals surface area (Å²) in [6.07, 6.45) is 54.2. The third-order valence-corrected chi connectivity index (χ3v) is 11.4. The number of unbranched alkanes of at least 4 members (excludes halogenated alkanes) is 24. The lowest BCUT2D eigenvalue weighted by atomic mass is 10.0. The Bertz CT molecular complexity index is 1150. The smallest absolute Gasteiger partial charge is 0.306 e. The average Bonchev–Trinajstić information content (AvgIpc) is 3.23. The van der Waals surface area contributed by atoms with E-state index in [1.807, 2.05) is 0 Å². The van der Waals surface area contributed by atoms with Crippen molar-refractivity contribution in [1.82, 2.24) is 0 Å². The van der Waals surface area contributed by atoms with Gasteiger partial charge < -0.3 is 28.6 Å². The molecule has 0 spiro atoms. The van der Waals surface area contributed by atoms with E-state index in [1.54, 1.807) is 21.1 Å². The number of rotatable bonds is 46. The van der Waals surface area contributed by atoms with E-state index in [2.05, 4.69) is 62.5 Å². The second-order valence-electron chi connectivity index (χ2n) is 18.4. The van der Waals surface area contributed by atoms with Crippen LogP contribution in [0.1, 0.15) is 226 Å². The zero-order valence-corrected chi connectivity index (χ0v) is 41.0. The minimum Gasteiger partial charge on any atom is -0.544 e. The molecule has 0 heterocycles. The van der Waals surface area contributed by atoms with Crippen molar-refractivity contribution in [2.24, 2.45) is 0 Å². The van der Waals surface area contributed by atoms with Crippen LogP contribution in [0.25, 0.3) is 0 Å². The van der Waals surface area contributed by atoms with Gasteiger partial charge in [0.15, 0.2) is 6.10 Å². The molecule has 2 atom stereocenters. The van der Waals surface area contributed by atoms with Gasteiger partial charge in [-0.3, -0.25) is 9.59 Å². The highest BCUT2D eigenvalue weighted by atomic mass is 16.6. The van der Waals surface area contributed by atoms with Gasteiger partial charge in [0.2, 0.25) is 0 Å². The van der Waals surface area contributed by atoms with Crippen LogP contribution in [-0.4, -0.2) is 75.5 Å². The maximum absolute atomic E-state index is 12.8. The lowest BCUT2D eigenvalue weighted by Crippen LogP contribution is -2.55. The van der Waals surface area contributed by atoms with Crippen molar-refractivity contribution in [2.45, 2.75) is 238 Å². The van der Waals surface area contributed by atoms with Crippen LogP contribution in [0.15, 0.2) is 48.6 Å². The number of carbonyl (C=O) groups excluding carboxylic acids is 3. The first-order chi connectivity index (χ1) is 30.1. The zero-order chi connectivity index (χ0) is 45.6. The van der Waals surface area contributed by atoms with Gasteiger partial charge >= 0.3 is 11.9 Å². The van der Waals surface area contributed by atoms with E-state index in [-0.39, 0.29) is 42.7 Å². The van der Waals surface area contributed by atoms with E-state index in [1.165, 1.54) is 135 Å². The normalized spacial score (nSPS) is 13.2. The second kappa shape index (κ2) is 44.9. The van der Waals surface area contributed by atoms with Gasteiger partial charge in [-0.2, -0.15) is 0 Å². The van der Waals surface area contributed by atoms with Crippen molar-refractivity contribution in [1.29, 1.82) is 0 Å². The monoisotopic (exact) mass is 872 g/mol. The molecule has 0 aliphatic carbocycles. The summed E-state index contributed by atoms with van der Waals surface area (Å²) in [6, 6.07) is -0.727. The summed E-state index contributed by atoms with van der Waals surface area (Å²) in [5, 5.41) is 11.7. The van der Waals surface area contributed by atoms with Gasteiger partial charge in [-0.15, -0.1) is 0 Å². The third kappa shape index (κ3) is 42.6. The topological polar surface area (TPSA) is 102 Å². The summed E-state index contributed by atoms with van der Waals surface area (Å²) in [6.45, 7) is 4.56. The fourth-order valence-corrected chi connectivity index (χ4v) is 7.49. The maximum Gasteiger partial charge on any atom is 0.306 e. The summed E-state index contributed by atoms with van der Waals surface area (Å²) in [7, 11) is 5.42. The zero-order valence-electron chi connectivity index (χ0n) is 41.0. The molecule has 0 aromatic heterocycles. The number of carboxylic acids is 1. The van der Waals surface area contributed by atoms with Crippen molar-refractivity contribution in [2.75, 3.05) is 41.0 Å². The van der Waals surface area contributed by atoms with E-state index in [0.29, 0.717) is 12.8 Å². The van der Waals surface area contributed by atoms with E-state index >= 15 is 0 Å². The summed E-state index contributed by atoms with van der Waals surface area (Å²) < 4.78 is 17.2. The van der Waals surface area contributed by atoms with Gasteiger partial charge in [0, 0.05) is 19.3 Å². The fraction of sp³-hybridized carbons (Fsp3) is 0.796. The number of ether oxygens (including phenoxy) is 3. The number of aliphatic carboxylic acids is 1. The fourth-order valence-electron chi connectivity index (χ4n) is 7.49. The number of allylic oxidation sites excluding steroid dienone is 8. The number of likely N-dealkylation sites (N-methyl/N-ethyl adjacent to an activating group) is 1. The molecule has 360 valence electrons. The highest BCUT2D eigenvalue weighted by Crippen LogP contribution is 2.16. The number of quaternary nitrogens is 1. The Morgan fingerprint density at radius 3 is 1.35 bits per heavy atom. The van der Waals surface area contributed by atoms with Gasteiger partial charge in [-0.1, -0.05) is 184 Å². The van der Waals surface area contributed by atoms with Crippen molar-refractivity contribution in [3.63, 3.8) is 0 Å². The SMILES string of the molecule is CC/C=C/C/C=C/C/C=C/CCCCCCCCCCCCCCCC(=O)OC(COCCC(C(=O)[O-])[N+](C)(C)C)COC(=O)CCCCCCCCC/C=C/CCCCCC. The Hall–Kier alpha value is -2.71. The molecule has 62 heavy (non-hydrogen) atoms. The minimum atomic E-state index is -1.12. The Labute approximate surface area is 382 Å². The molecule has 0 amide bonds. The molecule has 0 aliphatic rings. The second-order valence-corrected chi connectivity index (χ2v) is 18.4. The first kappa shape index (κ1) is 59.3. The largest absolute Gasteiger partial charge is 0.544 e. The number of carbonyl (C=O) groups is 3. The van der Waals surface area contributed by atoms with Crippen LogP contribution in [0, 0.1) is 0 Å². The average molecular weight is 872 g/mol. The molecule has 0 saturated carbocycles. The molecule has 0 radical (unpaired) electrons. The Morgan fingerprint density at radius 1 is 0.500 bits per heavy atom. The molecule has 0 N–H and O–H groups in total. The summed E-state index contributed by atoms with van der Waals surface area (Å²) >= 11 is 0. The molecular weight excluding hydrogens is 775 g/mol. The number of nitrogens with zero attached hydrogens (tertiary/aromatic N) is 1. The molecule has 0 aliphatic heterocycles. The van der Waals surface area contributed by atoms with E-state index in [4.69, 9.17) is 14.2 Å². The van der Waals surface area contributed by atoms with E-state index in [9.17, 15) is 19.5 Å². The highest BCUT2D eigenvalue weighted by molar-refractivity contribution is 5.70. The minimum absolute atomic E-state index is 0.0401. The molecule has 0 bridgehead atoms. The standard InChI is InChI=1S/C54H97NO7/c1-6-8-10-12-14-16-18-20-22-23-24-25-26-27-28-29-31-33-35-37-39-41-43-45-53(57)62-50(48-60-47-46-51(54(58)59)55(3,4)5)49-61-52(56)44-42-40-38-36-34-32-30-21-19-17-15-13-11-9-7-2/h8,10,14,16-17,19-20,22,50-51H,6-7,9,11-13,15,18,21,23-49H2,1-5H3/b10-8+,16-14+,19-17+,22-20+. The van der Waals surface area contributed by atoms with Gasteiger partial charge in [-0.25, -0.2) is 0 Å². The number of carboxylic acid groups (broad SMARTS) is 1.